The molecule has 1 aromatic carbocycles. The number of nitrogens with two attached hydrogens (primary N) is 1. The van der Waals surface area contributed by atoms with Crippen molar-refractivity contribution < 1.29 is 9.26 Å². The zero-order valence-electron chi connectivity index (χ0n) is 11.6. The number of ether oxygens (including phenoxy) is 1. The van der Waals surface area contributed by atoms with Crippen LogP contribution < -0.4 is 10.5 Å². The Bertz CT molecular complexity index is 569. The molecule has 0 radical (unpaired) electrons. The van der Waals surface area contributed by atoms with Crippen LogP contribution in [-0.4, -0.2) is 16.7 Å². The van der Waals surface area contributed by atoms with Gasteiger partial charge >= 0.3 is 0 Å². The zero-order valence-corrected chi connectivity index (χ0v) is 12.4. The van der Waals surface area contributed by atoms with Crippen molar-refractivity contribution in [3.05, 3.63) is 40.5 Å². The van der Waals surface area contributed by atoms with Gasteiger partial charge in [-0.3, -0.25) is 0 Å². The summed E-state index contributed by atoms with van der Waals surface area (Å²) in [6.07, 6.45) is 0.665. The molecular formula is C14H18ClN3O2. The van der Waals surface area contributed by atoms with E-state index in [0.29, 0.717) is 35.5 Å². The van der Waals surface area contributed by atoms with Crippen molar-refractivity contribution in [2.24, 2.45) is 5.73 Å². The summed E-state index contributed by atoms with van der Waals surface area (Å²) in [6.45, 7) is 4.75. The van der Waals surface area contributed by atoms with Gasteiger partial charge in [0.05, 0.1) is 0 Å². The lowest BCUT2D eigenvalue weighted by Gasteiger charge is -2.10. The van der Waals surface area contributed by atoms with Crippen LogP contribution in [0.3, 0.4) is 0 Å². The molecule has 2 aromatic rings. The van der Waals surface area contributed by atoms with Gasteiger partial charge < -0.3 is 15.0 Å². The Morgan fingerprint density at radius 1 is 1.40 bits per heavy atom. The van der Waals surface area contributed by atoms with Gasteiger partial charge in [-0.2, -0.15) is 4.98 Å². The molecule has 1 aromatic heterocycles. The Morgan fingerprint density at radius 2 is 2.20 bits per heavy atom. The Hall–Kier alpha value is -1.59. The molecule has 0 amide bonds. The predicted octanol–water partition coefficient (Wildman–Crippen LogP) is 2.93. The van der Waals surface area contributed by atoms with Gasteiger partial charge in [-0.05, 0) is 25.1 Å². The fraction of sp³-hybridized carbons (Fsp3) is 0.429. The van der Waals surface area contributed by atoms with Crippen molar-refractivity contribution >= 4 is 11.6 Å². The van der Waals surface area contributed by atoms with E-state index in [9.17, 15) is 0 Å². The normalized spacial score (nSPS) is 11.1. The van der Waals surface area contributed by atoms with Crippen LogP contribution in [0.4, 0.5) is 0 Å². The summed E-state index contributed by atoms with van der Waals surface area (Å²) in [4.78, 5) is 4.26. The van der Waals surface area contributed by atoms with E-state index in [0.717, 1.165) is 5.56 Å². The van der Waals surface area contributed by atoms with Crippen LogP contribution >= 0.6 is 11.6 Å². The molecule has 0 bridgehead atoms. The van der Waals surface area contributed by atoms with Crippen LogP contribution in [-0.2, 0) is 13.0 Å². The highest BCUT2D eigenvalue weighted by atomic mass is 35.5. The first-order valence-corrected chi connectivity index (χ1v) is 6.92. The quantitative estimate of drug-likeness (QED) is 0.887. The maximum Gasteiger partial charge on any atom is 0.229 e. The number of rotatable bonds is 6. The number of hydrogen-bond acceptors (Lipinski definition) is 5. The van der Waals surface area contributed by atoms with Gasteiger partial charge in [0.25, 0.3) is 0 Å². The molecule has 20 heavy (non-hydrogen) atoms. The first-order chi connectivity index (χ1) is 9.61. The monoisotopic (exact) mass is 295 g/mol. The summed E-state index contributed by atoms with van der Waals surface area (Å²) in [5.74, 6) is 2.04. The molecule has 108 valence electrons. The number of nitrogens with zero attached hydrogens (tertiary/aromatic N) is 2. The van der Waals surface area contributed by atoms with Crippen molar-refractivity contribution in [2.75, 3.05) is 6.54 Å². The van der Waals surface area contributed by atoms with Crippen LogP contribution in [0.25, 0.3) is 0 Å². The van der Waals surface area contributed by atoms with Crippen molar-refractivity contribution in [3.8, 4) is 5.75 Å². The average Bonchev–Trinajstić information content (AvgIpc) is 2.89. The minimum Gasteiger partial charge on any atom is -0.485 e. The third kappa shape index (κ3) is 3.49. The minimum absolute atomic E-state index is 0.204. The van der Waals surface area contributed by atoms with Crippen LogP contribution in [0.1, 0.15) is 37.0 Å². The van der Waals surface area contributed by atoms with E-state index in [1.165, 1.54) is 0 Å². The molecule has 5 nitrogen and oxygen atoms in total. The first kappa shape index (κ1) is 14.8. The maximum absolute atomic E-state index is 6.15. The highest BCUT2D eigenvalue weighted by Crippen LogP contribution is 2.27. The zero-order chi connectivity index (χ0) is 14.5. The molecule has 0 aliphatic heterocycles. The van der Waals surface area contributed by atoms with Crippen LogP contribution in [0, 0.1) is 0 Å². The first-order valence-electron chi connectivity index (χ1n) is 6.54. The van der Waals surface area contributed by atoms with Gasteiger partial charge in [0.1, 0.15) is 5.75 Å². The Labute approximate surface area is 123 Å². The lowest BCUT2D eigenvalue weighted by Crippen LogP contribution is -2.06. The van der Waals surface area contributed by atoms with Crippen LogP contribution in [0.5, 0.6) is 5.75 Å². The van der Waals surface area contributed by atoms with Gasteiger partial charge in [-0.15, -0.1) is 0 Å². The van der Waals surface area contributed by atoms with Crippen molar-refractivity contribution in [1.29, 1.82) is 0 Å². The lowest BCUT2D eigenvalue weighted by atomic mass is 10.1. The smallest absolute Gasteiger partial charge is 0.229 e. The van der Waals surface area contributed by atoms with E-state index in [2.05, 4.69) is 10.1 Å². The average molecular weight is 296 g/mol. The third-order valence-corrected chi connectivity index (χ3v) is 3.16. The Morgan fingerprint density at radius 3 is 2.85 bits per heavy atom. The lowest BCUT2D eigenvalue weighted by molar-refractivity contribution is 0.282. The molecular weight excluding hydrogens is 278 g/mol. The van der Waals surface area contributed by atoms with Crippen molar-refractivity contribution in [3.63, 3.8) is 0 Å². The van der Waals surface area contributed by atoms with E-state index in [4.69, 9.17) is 26.6 Å². The molecule has 0 fully saturated rings. The predicted molar refractivity (Wildman–Crippen MR) is 76.9 cm³/mol. The van der Waals surface area contributed by atoms with Gasteiger partial charge in [0.15, 0.2) is 6.61 Å². The highest BCUT2D eigenvalue weighted by molar-refractivity contribution is 6.31. The molecule has 6 heteroatoms. The molecule has 2 N–H and O–H groups in total. The molecule has 0 aliphatic carbocycles. The van der Waals surface area contributed by atoms with E-state index in [-0.39, 0.29) is 12.5 Å². The summed E-state index contributed by atoms with van der Waals surface area (Å²) in [7, 11) is 0. The van der Waals surface area contributed by atoms with Gasteiger partial charge in [0.2, 0.25) is 11.7 Å². The largest absolute Gasteiger partial charge is 0.485 e. The molecule has 0 unspecified atom stereocenters. The SMILES string of the molecule is CC(C)c1nc(COc2cccc(Cl)c2CCN)no1. The van der Waals surface area contributed by atoms with Gasteiger partial charge in [-0.1, -0.05) is 36.7 Å². The van der Waals surface area contributed by atoms with Crippen LogP contribution in [0.15, 0.2) is 22.7 Å². The van der Waals surface area contributed by atoms with Crippen molar-refractivity contribution in [1.82, 2.24) is 10.1 Å². The summed E-state index contributed by atoms with van der Waals surface area (Å²) in [5, 5.41) is 4.54. The van der Waals surface area contributed by atoms with E-state index < -0.39 is 0 Å². The number of halogens is 1. The Kier molecular flexibility index (Phi) is 4.98. The standard InChI is InChI=1S/C14H18ClN3O2/c1-9(2)14-17-13(18-20-14)8-19-12-5-3-4-11(15)10(12)6-7-16/h3-5,9H,6-8,16H2,1-2H3. The molecule has 2 rings (SSSR count). The summed E-state index contributed by atoms with van der Waals surface area (Å²) in [5.41, 5.74) is 6.50. The summed E-state index contributed by atoms with van der Waals surface area (Å²) in [6, 6.07) is 5.53. The third-order valence-electron chi connectivity index (χ3n) is 2.80. The number of benzene rings is 1. The molecule has 0 spiro atoms. The highest BCUT2D eigenvalue weighted by Gasteiger charge is 2.12. The fourth-order valence-electron chi connectivity index (χ4n) is 1.76. The minimum atomic E-state index is 0.204. The number of hydrogen-bond donors (Lipinski definition) is 1. The molecule has 0 atom stereocenters. The van der Waals surface area contributed by atoms with Gasteiger partial charge in [-0.25, -0.2) is 0 Å². The topological polar surface area (TPSA) is 74.2 Å². The summed E-state index contributed by atoms with van der Waals surface area (Å²) >= 11 is 6.15. The molecule has 1 heterocycles. The second-order valence-corrected chi connectivity index (χ2v) is 5.15. The molecule has 0 aliphatic rings. The molecule has 0 saturated carbocycles. The Balaban J connectivity index is 2.08. The number of aromatic nitrogens is 2. The molecule has 0 saturated heterocycles. The van der Waals surface area contributed by atoms with E-state index in [1.807, 2.05) is 32.0 Å². The summed E-state index contributed by atoms with van der Waals surface area (Å²) < 4.78 is 10.9. The fourth-order valence-corrected chi connectivity index (χ4v) is 2.02. The van der Waals surface area contributed by atoms with E-state index >= 15 is 0 Å². The van der Waals surface area contributed by atoms with Gasteiger partial charge in [0, 0.05) is 16.5 Å². The second-order valence-electron chi connectivity index (χ2n) is 4.75. The maximum atomic E-state index is 6.15. The second kappa shape index (κ2) is 6.72. The van der Waals surface area contributed by atoms with E-state index in [1.54, 1.807) is 0 Å². The van der Waals surface area contributed by atoms with Crippen LogP contribution in [0.2, 0.25) is 5.02 Å². The van der Waals surface area contributed by atoms with Crippen molar-refractivity contribution in [2.45, 2.75) is 32.8 Å².